The van der Waals surface area contributed by atoms with E-state index in [0.717, 1.165) is 0 Å². The van der Waals surface area contributed by atoms with Gasteiger partial charge in [0, 0.05) is 5.69 Å². The van der Waals surface area contributed by atoms with E-state index in [1.165, 1.54) is 0 Å². The number of H-pyrrole nitrogens is 2. The number of imidazole rings is 1. The second-order valence-electron chi connectivity index (χ2n) is 4.08. The summed E-state index contributed by atoms with van der Waals surface area (Å²) in [4.78, 5) is 27.2. The first-order chi connectivity index (χ1) is 6.29. The summed E-state index contributed by atoms with van der Waals surface area (Å²) in [5.41, 5.74) is -0.282. The molecule has 0 amide bonds. The zero-order valence-corrected chi connectivity index (χ0v) is 8.72. The molecule has 1 rings (SSSR count). The highest BCUT2D eigenvalue weighted by Crippen LogP contribution is 2.11. The van der Waals surface area contributed by atoms with Crippen molar-refractivity contribution in [3.63, 3.8) is 0 Å². The SMILES string of the molecule is Cc1[nH]c(=O)[nH]c1C(=O)OC(C)(C)C. The molecule has 0 saturated heterocycles. The van der Waals surface area contributed by atoms with Crippen LogP contribution in [0.5, 0.6) is 0 Å². The van der Waals surface area contributed by atoms with Gasteiger partial charge in [-0.1, -0.05) is 0 Å². The lowest BCUT2D eigenvalue weighted by Crippen LogP contribution is -2.24. The number of aromatic amines is 2. The summed E-state index contributed by atoms with van der Waals surface area (Å²) in [5, 5.41) is 0. The van der Waals surface area contributed by atoms with Crippen LogP contribution in [0.15, 0.2) is 4.79 Å². The predicted molar refractivity (Wildman–Crippen MR) is 51.3 cm³/mol. The highest BCUT2D eigenvalue weighted by Gasteiger charge is 2.20. The average molecular weight is 198 g/mol. The van der Waals surface area contributed by atoms with E-state index in [1.807, 2.05) is 0 Å². The molecule has 0 atom stereocenters. The maximum atomic E-state index is 11.5. The topological polar surface area (TPSA) is 75.0 Å². The van der Waals surface area contributed by atoms with Gasteiger partial charge in [0.15, 0.2) is 0 Å². The quantitative estimate of drug-likeness (QED) is 0.660. The van der Waals surface area contributed by atoms with E-state index in [4.69, 9.17) is 4.74 Å². The fraction of sp³-hybridized carbons (Fsp3) is 0.556. The molecule has 0 fully saturated rings. The van der Waals surface area contributed by atoms with Gasteiger partial charge in [-0.25, -0.2) is 9.59 Å². The molecule has 0 aliphatic heterocycles. The molecule has 5 nitrogen and oxygen atoms in total. The number of aryl methyl sites for hydroxylation is 1. The van der Waals surface area contributed by atoms with Gasteiger partial charge in [-0.05, 0) is 27.7 Å². The number of aromatic nitrogens is 2. The van der Waals surface area contributed by atoms with Crippen LogP contribution >= 0.6 is 0 Å². The lowest BCUT2D eigenvalue weighted by Gasteiger charge is -2.18. The molecule has 1 aromatic rings. The largest absolute Gasteiger partial charge is 0.455 e. The van der Waals surface area contributed by atoms with E-state index in [-0.39, 0.29) is 5.69 Å². The maximum Gasteiger partial charge on any atom is 0.357 e. The number of rotatable bonds is 1. The van der Waals surface area contributed by atoms with Gasteiger partial charge in [0.05, 0.1) is 0 Å². The van der Waals surface area contributed by atoms with E-state index in [9.17, 15) is 9.59 Å². The molecule has 0 saturated carbocycles. The summed E-state index contributed by atoms with van der Waals surface area (Å²) < 4.78 is 5.09. The molecular formula is C9H14N2O3. The summed E-state index contributed by atoms with van der Waals surface area (Å²) >= 11 is 0. The highest BCUT2D eigenvalue weighted by atomic mass is 16.6. The molecule has 2 N–H and O–H groups in total. The molecule has 0 aliphatic carbocycles. The van der Waals surface area contributed by atoms with Gasteiger partial charge in [-0.2, -0.15) is 0 Å². The van der Waals surface area contributed by atoms with Crippen molar-refractivity contribution >= 4 is 5.97 Å². The van der Waals surface area contributed by atoms with Gasteiger partial charge in [0.25, 0.3) is 0 Å². The minimum Gasteiger partial charge on any atom is -0.455 e. The van der Waals surface area contributed by atoms with E-state index >= 15 is 0 Å². The lowest BCUT2D eigenvalue weighted by atomic mass is 10.2. The standard InChI is InChI=1S/C9H14N2O3/c1-5-6(11-8(13)10-5)7(12)14-9(2,3)4/h1-4H3,(H2,10,11,13). The van der Waals surface area contributed by atoms with Crippen molar-refractivity contribution in [3.05, 3.63) is 21.9 Å². The Morgan fingerprint density at radius 2 is 1.86 bits per heavy atom. The fourth-order valence-electron chi connectivity index (χ4n) is 1.00. The van der Waals surface area contributed by atoms with Gasteiger partial charge in [0.1, 0.15) is 11.3 Å². The van der Waals surface area contributed by atoms with Crippen molar-refractivity contribution in [1.29, 1.82) is 0 Å². The second-order valence-corrected chi connectivity index (χ2v) is 4.08. The zero-order chi connectivity index (χ0) is 10.9. The van der Waals surface area contributed by atoms with Crippen LogP contribution in [0, 0.1) is 6.92 Å². The summed E-state index contributed by atoms with van der Waals surface area (Å²) in [6.07, 6.45) is 0. The van der Waals surface area contributed by atoms with Crippen molar-refractivity contribution in [1.82, 2.24) is 9.97 Å². The number of carbonyl (C=O) groups is 1. The highest BCUT2D eigenvalue weighted by molar-refractivity contribution is 5.88. The van der Waals surface area contributed by atoms with Crippen LogP contribution in [-0.2, 0) is 4.74 Å². The molecule has 78 valence electrons. The minimum atomic E-state index is -0.558. The molecule has 0 bridgehead atoms. The van der Waals surface area contributed by atoms with Gasteiger partial charge < -0.3 is 9.72 Å². The van der Waals surface area contributed by atoms with Crippen molar-refractivity contribution in [3.8, 4) is 0 Å². The third kappa shape index (κ3) is 2.48. The monoisotopic (exact) mass is 198 g/mol. The van der Waals surface area contributed by atoms with E-state index < -0.39 is 17.3 Å². The maximum absolute atomic E-state index is 11.5. The molecule has 1 heterocycles. The summed E-state index contributed by atoms with van der Waals surface area (Å²) in [5.74, 6) is -0.520. The summed E-state index contributed by atoms with van der Waals surface area (Å²) in [6, 6.07) is 0. The van der Waals surface area contributed by atoms with Gasteiger partial charge in [-0.15, -0.1) is 0 Å². The molecule has 14 heavy (non-hydrogen) atoms. The Bertz CT molecular complexity index is 395. The van der Waals surface area contributed by atoms with Crippen LogP contribution in [0.25, 0.3) is 0 Å². The minimum absolute atomic E-state index is 0.185. The molecule has 0 aliphatic rings. The normalized spacial score (nSPS) is 11.4. The molecule has 5 heteroatoms. The average Bonchev–Trinajstić information content (AvgIpc) is 2.26. The third-order valence-electron chi connectivity index (χ3n) is 1.52. The van der Waals surface area contributed by atoms with E-state index in [1.54, 1.807) is 27.7 Å². The van der Waals surface area contributed by atoms with Crippen molar-refractivity contribution in [2.75, 3.05) is 0 Å². The fourth-order valence-corrected chi connectivity index (χ4v) is 1.00. The number of nitrogens with one attached hydrogen (secondary N) is 2. The smallest absolute Gasteiger partial charge is 0.357 e. The van der Waals surface area contributed by atoms with Crippen LogP contribution < -0.4 is 5.69 Å². The molecule has 0 aromatic carbocycles. The van der Waals surface area contributed by atoms with Crippen molar-refractivity contribution in [2.45, 2.75) is 33.3 Å². The van der Waals surface area contributed by atoms with E-state index in [2.05, 4.69) is 9.97 Å². The first-order valence-corrected chi connectivity index (χ1v) is 4.32. The van der Waals surface area contributed by atoms with E-state index in [0.29, 0.717) is 5.69 Å². The summed E-state index contributed by atoms with van der Waals surface area (Å²) in [6.45, 7) is 6.94. The van der Waals surface area contributed by atoms with Gasteiger partial charge >= 0.3 is 11.7 Å². The number of hydrogen-bond acceptors (Lipinski definition) is 3. The van der Waals surface area contributed by atoms with Crippen LogP contribution in [0.4, 0.5) is 0 Å². The first-order valence-electron chi connectivity index (χ1n) is 4.32. The number of ether oxygens (including phenoxy) is 1. The number of hydrogen-bond donors (Lipinski definition) is 2. The number of carbonyl (C=O) groups excluding carboxylic acids is 1. The van der Waals surface area contributed by atoms with Crippen LogP contribution in [0.1, 0.15) is 37.0 Å². The Morgan fingerprint density at radius 1 is 1.29 bits per heavy atom. The first kappa shape index (κ1) is 10.6. The summed E-state index contributed by atoms with van der Waals surface area (Å²) in [7, 11) is 0. The zero-order valence-electron chi connectivity index (χ0n) is 8.72. The van der Waals surface area contributed by atoms with Gasteiger partial charge in [0.2, 0.25) is 0 Å². The molecule has 0 spiro atoms. The third-order valence-corrected chi connectivity index (χ3v) is 1.52. The van der Waals surface area contributed by atoms with Crippen molar-refractivity contribution in [2.24, 2.45) is 0 Å². The Morgan fingerprint density at radius 3 is 2.21 bits per heavy atom. The Balaban J connectivity index is 2.91. The molecule has 1 aromatic heterocycles. The van der Waals surface area contributed by atoms with Crippen LogP contribution in [0.3, 0.4) is 0 Å². The molecule has 0 unspecified atom stereocenters. The predicted octanol–water partition coefficient (Wildman–Crippen LogP) is 0.967. The molecule has 0 radical (unpaired) electrons. The van der Waals surface area contributed by atoms with Crippen LogP contribution in [0.2, 0.25) is 0 Å². The van der Waals surface area contributed by atoms with Crippen LogP contribution in [-0.4, -0.2) is 21.5 Å². The Hall–Kier alpha value is -1.52. The lowest BCUT2D eigenvalue weighted by molar-refractivity contribution is 0.00625. The second kappa shape index (κ2) is 3.32. The van der Waals surface area contributed by atoms with Gasteiger partial charge in [-0.3, -0.25) is 4.98 Å². The Kier molecular flexibility index (Phi) is 2.51. The Labute approximate surface area is 81.5 Å². The van der Waals surface area contributed by atoms with Crippen molar-refractivity contribution < 1.29 is 9.53 Å². The molecular weight excluding hydrogens is 184 g/mol. The number of esters is 1.